The van der Waals surface area contributed by atoms with Crippen LogP contribution < -0.4 is 30.7 Å². The van der Waals surface area contributed by atoms with Crippen molar-refractivity contribution in [3.8, 4) is 11.5 Å². The van der Waals surface area contributed by atoms with Gasteiger partial charge in [-0.05, 0) is 0 Å². The van der Waals surface area contributed by atoms with Crippen LogP contribution in [0.3, 0.4) is 0 Å². The van der Waals surface area contributed by atoms with Crippen molar-refractivity contribution < 1.29 is 9.47 Å². The van der Waals surface area contributed by atoms with Crippen molar-refractivity contribution >= 4 is 35.7 Å². The average molecular weight is 911 g/mol. The molecular formula is C60H96O2P2. The first-order chi connectivity index (χ1) is 31.6. The molecule has 0 unspecified atom stereocenters. The minimum atomic E-state index is -2.34. The molecule has 0 aliphatic rings. The van der Waals surface area contributed by atoms with Crippen LogP contribution in [0, 0.1) is 0 Å². The fraction of sp³-hybridized carbons (Fsp3) is 0.600. The molecule has 0 amide bonds. The van der Waals surface area contributed by atoms with Gasteiger partial charge < -0.3 is 0 Å². The molecule has 4 aromatic rings. The van der Waals surface area contributed by atoms with Crippen LogP contribution in [0.5, 0.6) is 11.5 Å². The van der Waals surface area contributed by atoms with Crippen LogP contribution in [-0.2, 0) is 0 Å². The van der Waals surface area contributed by atoms with Gasteiger partial charge in [0.2, 0.25) is 0 Å². The van der Waals surface area contributed by atoms with E-state index in [1.165, 1.54) is 215 Å². The van der Waals surface area contributed by atoms with E-state index in [1.807, 2.05) is 14.2 Å². The van der Waals surface area contributed by atoms with Gasteiger partial charge in [-0.3, -0.25) is 0 Å². The molecule has 0 aliphatic heterocycles. The van der Waals surface area contributed by atoms with E-state index < -0.39 is 14.5 Å². The normalized spacial score (nSPS) is 12.4. The summed E-state index contributed by atoms with van der Waals surface area (Å²) in [5.74, 6) is 2.17. The number of para-hydroxylation sites is 2. The van der Waals surface area contributed by atoms with E-state index in [0.29, 0.717) is 0 Å². The van der Waals surface area contributed by atoms with Crippen molar-refractivity contribution in [1.82, 2.24) is 0 Å². The Hall–Kier alpha value is -2.66. The summed E-state index contributed by atoms with van der Waals surface area (Å²) in [5.41, 5.74) is 0. The molecule has 0 saturated heterocycles. The van der Waals surface area contributed by atoms with Crippen LogP contribution in [0.25, 0.3) is 0 Å². The fourth-order valence-electron chi connectivity index (χ4n) is 10.9. The van der Waals surface area contributed by atoms with Gasteiger partial charge in [-0.15, -0.1) is 0 Å². The fourth-order valence-corrected chi connectivity index (χ4v) is 23.2. The first-order valence-corrected chi connectivity index (χ1v) is 31.9. The van der Waals surface area contributed by atoms with Gasteiger partial charge in [-0.25, -0.2) is 0 Å². The summed E-state index contributed by atoms with van der Waals surface area (Å²) >= 11 is 0. The van der Waals surface area contributed by atoms with Crippen LogP contribution in [-0.4, -0.2) is 38.9 Å². The minimum absolute atomic E-state index is 1.08. The van der Waals surface area contributed by atoms with Crippen molar-refractivity contribution in [3.63, 3.8) is 0 Å². The molecule has 0 atom stereocenters. The van der Waals surface area contributed by atoms with Crippen LogP contribution >= 0.6 is 14.5 Å². The molecule has 0 radical (unpaired) electrons. The second-order valence-corrected chi connectivity index (χ2v) is 28.0. The third-order valence-corrected chi connectivity index (χ3v) is 25.7. The quantitative estimate of drug-likeness (QED) is 0.0328. The first kappa shape index (κ1) is 54.0. The summed E-state index contributed by atoms with van der Waals surface area (Å²) < 4.78 is 12.6. The van der Waals surface area contributed by atoms with Gasteiger partial charge in [-0.1, -0.05) is 52.4 Å². The van der Waals surface area contributed by atoms with E-state index in [1.54, 1.807) is 10.6 Å². The van der Waals surface area contributed by atoms with Crippen molar-refractivity contribution in [2.75, 3.05) is 38.9 Å². The standard InChI is InChI=1S/C60H96O2P2/c1-5-7-9-11-13-15-17-19-21-23-25-27-29-41-51-63(55-43-33-31-34-44-55,59-49-39-37-47-57(59)61-3)53-54-64(56-45-35-32-36-46-56,60-50-40-38-48-58(60)62-4)52-42-30-28-26-24-22-20-18-16-14-12-10-8-6-2/h31-40,43-50,63-64H,5-30,41-42,51-54H2,1-4H3. The zero-order chi connectivity index (χ0) is 45.2. The average Bonchev–Trinajstić information content (AvgIpc) is 3.35. The predicted octanol–water partition coefficient (Wildman–Crippen LogP) is 16.8. The van der Waals surface area contributed by atoms with Gasteiger partial charge in [-0.2, -0.15) is 0 Å². The van der Waals surface area contributed by atoms with Gasteiger partial charge in [0.15, 0.2) is 0 Å². The summed E-state index contributed by atoms with van der Waals surface area (Å²) in [6, 6.07) is 41.8. The van der Waals surface area contributed by atoms with Crippen molar-refractivity contribution in [2.45, 2.75) is 194 Å². The molecule has 0 bridgehead atoms. The van der Waals surface area contributed by atoms with Crippen LogP contribution in [0.4, 0.5) is 0 Å². The van der Waals surface area contributed by atoms with Gasteiger partial charge in [0, 0.05) is 0 Å². The molecule has 0 aliphatic carbocycles. The molecule has 358 valence electrons. The second-order valence-electron chi connectivity index (χ2n) is 19.5. The number of unbranched alkanes of at least 4 members (excludes halogenated alkanes) is 26. The molecular weight excluding hydrogens is 815 g/mol. The van der Waals surface area contributed by atoms with Crippen LogP contribution in [0.15, 0.2) is 109 Å². The molecule has 0 heterocycles. The molecule has 64 heavy (non-hydrogen) atoms. The third kappa shape index (κ3) is 18.6. The Bertz CT molecular complexity index is 1580. The molecule has 4 aromatic carbocycles. The van der Waals surface area contributed by atoms with Gasteiger partial charge >= 0.3 is 346 Å². The predicted molar refractivity (Wildman–Crippen MR) is 294 cm³/mol. The van der Waals surface area contributed by atoms with Crippen molar-refractivity contribution in [1.29, 1.82) is 0 Å². The molecule has 4 rings (SSSR count). The molecule has 2 nitrogen and oxygen atoms in total. The Morgan fingerprint density at radius 2 is 0.531 bits per heavy atom. The topological polar surface area (TPSA) is 18.5 Å². The Kier molecular flexibility index (Phi) is 28.5. The Balaban J connectivity index is 1.52. The Morgan fingerprint density at radius 3 is 0.812 bits per heavy atom. The zero-order valence-electron chi connectivity index (χ0n) is 41.8. The SMILES string of the molecule is CCCCCCCCCCCCCCCC[PH](CC[PH](CCCCCCCCCCCCCCCC)(c1ccccc1)c1ccccc1OC)(c1ccccc1)c1ccccc1OC. The zero-order valence-corrected chi connectivity index (χ0v) is 43.8. The number of methoxy groups -OCH3 is 2. The summed E-state index contributed by atoms with van der Waals surface area (Å²) in [4.78, 5) is 0. The molecule has 0 spiro atoms. The van der Waals surface area contributed by atoms with Gasteiger partial charge in [0.25, 0.3) is 0 Å². The number of hydrogen-bond donors (Lipinski definition) is 0. The summed E-state index contributed by atoms with van der Waals surface area (Å²) in [5, 5.41) is 6.13. The molecule has 0 fully saturated rings. The van der Waals surface area contributed by atoms with E-state index in [4.69, 9.17) is 9.47 Å². The third-order valence-electron chi connectivity index (χ3n) is 14.8. The monoisotopic (exact) mass is 911 g/mol. The first-order valence-electron chi connectivity index (χ1n) is 27.0. The molecule has 0 saturated carbocycles. The molecule has 0 N–H and O–H groups in total. The van der Waals surface area contributed by atoms with E-state index in [2.05, 4.69) is 123 Å². The Labute approximate surface area is 396 Å². The van der Waals surface area contributed by atoms with Crippen LogP contribution in [0.1, 0.15) is 194 Å². The summed E-state index contributed by atoms with van der Waals surface area (Å²) in [6.07, 6.45) is 43.9. The van der Waals surface area contributed by atoms with Crippen LogP contribution in [0.2, 0.25) is 0 Å². The summed E-state index contributed by atoms with van der Waals surface area (Å²) in [6.45, 7) is 4.62. The maximum atomic E-state index is 6.32. The van der Waals surface area contributed by atoms with Gasteiger partial charge in [0.05, 0.1) is 0 Å². The van der Waals surface area contributed by atoms with E-state index in [9.17, 15) is 0 Å². The number of benzene rings is 4. The maximum absolute atomic E-state index is 6.32. The van der Waals surface area contributed by atoms with E-state index >= 15 is 0 Å². The Morgan fingerprint density at radius 1 is 0.281 bits per heavy atom. The van der Waals surface area contributed by atoms with Gasteiger partial charge in [0.1, 0.15) is 0 Å². The molecule has 4 heteroatoms. The van der Waals surface area contributed by atoms with E-state index in [-0.39, 0.29) is 0 Å². The number of ether oxygens (including phenoxy) is 2. The van der Waals surface area contributed by atoms with Crippen molar-refractivity contribution in [2.24, 2.45) is 0 Å². The van der Waals surface area contributed by atoms with E-state index in [0.717, 1.165) is 11.5 Å². The molecule has 0 aromatic heterocycles. The summed E-state index contributed by atoms with van der Waals surface area (Å²) in [7, 11) is -0.893. The number of hydrogen-bond acceptors (Lipinski definition) is 2. The second kappa shape index (κ2) is 33.8. The number of rotatable bonds is 39. The van der Waals surface area contributed by atoms with Crippen molar-refractivity contribution in [3.05, 3.63) is 109 Å².